The van der Waals surface area contributed by atoms with Crippen molar-refractivity contribution in [1.82, 2.24) is 5.32 Å². The summed E-state index contributed by atoms with van der Waals surface area (Å²) in [6.07, 6.45) is 1.71. The summed E-state index contributed by atoms with van der Waals surface area (Å²) >= 11 is 4.35. The number of hydrogen-bond donors (Lipinski definition) is 1. The van der Waals surface area contributed by atoms with E-state index in [1.807, 2.05) is 0 Å². The highest BCUT2D eigenvalue weighted by Gasteiger charge is 2.36. The molecule has 2 heterocycles. The third-order valence-electron chi connectivity index (χ3n) is 2.93. The van der Waals surface area contributed by atoms with Gasteiger partial charge in [-0.3, -0.25) is 0 Å². The van der Waals surface area contributed by atoms with Crippen LogP contribution in [0.15, 0.2) is 15.9 Å². The topological polar surface area (TPSA) is 12.0 Å². The maximum Gasteiger partial charge on any atom is 0.282 e. The van der Waals surface area contributed by atoms with Crippen molar-refractivity contribution in [3.63, 3.8) is 0 Å². The summed E-state index contributed by atoms with van der Waals surface area (Å²) in [5.74, 6) is -2.52. The zero-order valence-electron chi connectivity index (χ0n) is 8.81. The number of nitrogens with one attached hydrogen (secondary N) is 1. The fourth-order valence-corrected chi connectivity index (χ4v) is 3.47. The van der Waals surface area contributed by atoms with Gasteiger partial charge in [-0.1, -0.05) is 0 Å². The highest BCUT2D eigenvalue weighted by Crippen LogP contribution is 2.40. The Bertz CT molecular complexity index is 348. The Hall–Kier alpha value is -0.0000000000000000833. The number of piperidine rings is 1. The normalized spacial score (nSPS) is 18.9. The van der Waals surface area contributed by atoms with Crippen LogP contribution in [0.3, 0.4) is 0 Å². The Kier molecular flexibility index (Phi) is 3.97. The first-order valence-corrected chi connectivity index (χ1v) is 7.08. The first-order chi connectivity index (χ1) is 7.58. The Morgan fingerprint density at radius 2 is 2.12 bits per heavy atom. The van der Waals surface area contributed by atoms with Crippen LogP contribution in [0.1, 0.15) is 24.1 Å². The molecule has 1 aromatic rings. The molecule has 16 heavy (non-hydrogen) atoms. The van der Waals surface area contributed by atoms with Crippen LogP contribution in [0, 0.1) is 5.92 Å². The van der Waals surface area contributed by atoms with Crippen molar-refractivity contribution in [1.29, 1.82) is 0 Å². The quantitative estimate of drug-likeness (QED) is 0.890. The molecular formula is C11H14BrF2NS. The van der Waals surface area contributed by atoms with Crippen molar-refractivity contribution in [3.8, 4) is 0 Å². The lowest BCUT2D eigenvalue weighted by atomic mass is 9.91. The largest absolute Gasteiger partial charge is 0.317 e. The molecule has 0 atom stereocenters. The number of thiophene rings is 1. The maximum atomic E-state index is 13.9. The zero-order valence-corrected chi connectivity index (χ0v) is 11.2. The Labute approximate surface area is 106 Å². The molecule has 0 aromatic carbocycles. The number of alkyl halides is 2. The van der Waals surface area contributed by atoms with E-state index < -0.39 is 5.92 Å². The molecule has 0 radical (unpaired) electrons. The van der Waals surface area contributed by atoms with Gasteiger partial charge >= 0.3 is 0 Å². The second kappa shape index (κ2) is 5.10. The monoisotopic (exact) mass is 309 g/mol. The van der Waals surface area contributed by atoms with E-state index in [1.165, 1.54) is 6.07 Å². The van der Waals surface area contributed by atoms with Gasteiger partial charge in [-0.25, -0.2) is 8.78 Å². The molecule has 1 N–H and O–H groups in total. The van der Waals surface area contributed by atoms with E-state index in [0.717, 1.165) is 41.7 Å². The van der Waals surface area contributed by atoms with Gasteiger partial charge in [-0.2, -0.15) is 0 Å². The Morgan fingerprint density at radius 3 is 2.69 bits per heavy atom. The van der Waals surface area contributed by atoms with Gasteiger partial charge < -0.3 is 5.32 Å². The molecule has 1 aliphatic heterocycles. The summed E-state index contributed by atoms with van der Waals surface area (Å²) in [7, 11) is 0. The van der Waals surface area contributed by atoms with Crippen LogP contribution in [0.5, 0.6) is 0 Å². The summed E-state index contributed by atoms with van der Waals surface area (Å²) in [6, 6.07) is 1.53. The Morgan fingerprint density at radius 1 is 1.44 bits per heavy atom. The van der Waals surface area contributed by atoms with Crippen LogP contribution >= 0.6 is 27.3 Å². The lowest BCUT2D eigenvalue weighted by molar-refractivity contribution is -0.0291. The summed E-state index contributed by atoms with van der Waals surface area (Å²) < 4.78 is 28.6. The predicted molar refractivity (Wildman–Crippen MR) is 66.1 cm³/mol. The van der Waals surface area contributed by atoms with Crippen molar-refractivity contribution in [2.45, 2.75) is 25.2 Å². The lowest BCUT2D eigenvalue weighted by Crippen LogP contribution is -2.30. The molecule has 0 amide bonds. The van der Waals surface area contributed by atoms with Crippen molar-refractivity contribution < 1.29 is 8.78 Å². The summed E-state index contributed by atoms with van der Waals surface area (Å²) in [5, 5.41) is 4.91. The van der Waals surface area contributed by atoms with E-state index in [9.17, 15) is 8.78 Å². The van der Waals surface area contributed by atoms with Gasteiger partial charge in [0.1, 0.15) is 0 Å². The lowest BCUT2D eigenvalue weighted by Gasteiger charge is -2.26. The highest BCUT2D eigenvalue weighted by atomic mass is 79.9. The minimum Gasteiger partial charge on any atom is -0.317 e. The summed E-state index contributed by atoms with van der Waals surface area (Å²) in [6.45, 7) is 1.74. The molecule has 0 aliphatic carbocycles. The molecule has 1 aromatic heterocycles. The molecule has 90 valence electrons. The molecule has 1 saturated heterocycles. The van der Waals surface area contributed by atoms with E-state index in [1.54, 1.807) is 5.38 Å². The molecule has 1 nitrogen and oxygen atoms in total. The minimum absolute atomic E-state index is 0.0123. The summed E-state index contributed by atoms with van der Waals surface area (Å²) in [4.78, 5) is 0.179. The maximum absolute atomic E-state index is 13.9. The average Bonchev–Trinajstić information content (AvgIpc) is 2.66. The molecule has 0 unspecified atom stereocenters. The van der Waals surface area contributed by atoms with Gasteiger partial charge in [0.25, 0.3) is 5.92 Å². The van der Waals surface area contributed by atoms with Crippen LogP contribution in [0.2, 0.25) is 0 Å². The third-order valence-corrected chi connectivity index (χ3v) is 4.73. The molecule has 1 fully saturated rings. The SMILES string of the molecule is FC(F)(CC1CCNCC1)c1cc(Br)cs1. The van der Waals surface area contributed by atoms with Gasteiger partial charge in [0, 0.05) is 16.3 Å². The van der Waals surface area contributed by atoms with Gasteiger partial charge in [-0.15, -0.1) is 11.3 Å². The third kappa shape index (κ3) is 3.02. The number of halogens is 3. The van der Waals surface area contributed by atoms with E-state index in [0.29, 0.717) is 0 Å². The molecule has 0 bridgehead atoms. The first-order valence-electron chi connectivity index (χ1n) is 5.41. The highest BCUT2D eigenvalue weighted by molar-refractivity contribution is 9.10. The van der Waals surface area contributed by atoms with Gasteiger partial charge in [0.15, 0.2) is 0 Å². The van der Waals surface area contributed by atoms with Crippen molar-refractivity contribution >= 4 is 27.3 Å². The van der Waals surface area contributed by atoms with Crippen LogP contribution in [-0.4, -0.2) is 13.1 Å². The van der Waals surface area contributed by atoms with Crippen molar-refractivity contribution in [2.75, 3.05) is 13.1 Å². The van der Waals surface area contributed by atoms with Crippen LogP contribution < -0.4 is 5.32 Å². The summed E-state index contributed by atoms with van der Waals surface area (Å²) in [5.41, 5.74) is 0. The van der Waals surface area contributed by atoms with Gasteiger partial charge in [0.05, 0.1) is 4.88 Å². The van der Waals surface area contributed by atoms with Crippen molar-refractivity contribution in [3.05, 3.63) is 20.8 Å². The molecule has 1 aliphatic rings. The van der Waals surface area contributed by atoms with E-state index in [-0.39, 0.29) is 17.2 Å². The fourth-order valence-electron chi connectivity index (χ4n) is 2.05. The Balaban J connectivity index is 2.01. The molecule has 0 spiro atoms. The minimum atomic E-state index is -2.67. The predicted octanol–water partition coefficient (Wildman–Crippen LogP) is 3.99. The second-order valence-corrected chi connectivity index (χ2v) is 6.06. The molecular weight excluding hydrogens is 296 g/mol. The van der Waals surface area contributed by atoms with Crippen LogP contribution in [0.25, 0.3) is 0 Å². The average molecular weight is 310 g/mol. The number of rotatable bonds is 3. The fraction of sp³-hybridized carbons (Fsp3) is 0.636. The van der Waals surface area contributed by atoms with Gasteiger partial charge in [0.2, 0.25) is 0 Å². The second-order valence-electron chi connectivity index (χ2n) is 4.23. The van der Waals surface area contributed by atoms with Crippen molar-refractivity contribution in [2.24, 2.45) is 5.92 Å². The first kappa shape index (κ1) is 12.5. The zero-order chi connectivity index (χ0) is 11.6. The molecule has 5 heteroatoms. The van der Waals surface area contributed by atoms with Crippen LogP contribution in [0.4, 0.5) is 8.78 Å². The smallest absolute Gasteiger partial charge is 0.282 e. The molecule has 0 saturated carbocycles. The van der Waals surface area contributed by atoms with E-state index >= 15 is 0 Å². The van der Waals surface area contributed by atoms with Gasteiger partial charge in [-0.05, 0) is 53.8 Å². The standard InChI is InChI=1S/C11H14BrF2NS/c12-9-5-10(16-7-9)11(13,14)6-8-1-3-15-4-2-8/h5,7-8,15H,1-4,6H2. The van der Waals surface area contributed by atoms with Crippen LogP contribution in [-0.2, 0) is 5.92 Å². The van der Waals surface area contributed by atoms with E-state index in [2.05, 4.69) is 21.2 Å². The van der Waals surface area contributed by atoms with E-state index in [4.69, 9.17) is 0 Å². The number of hydrogen-bond acceptors (Lipinski definition) is 2. The molecule has 2 rings (SSSR count).